The SMILES string of the molecule is CC1(C)CNC(Cc2ccccc2)CO1. The number of hydrogen-bond donors (Lipinski definition) is 1. The summed E-state index contributed by atoms with van der Waals surface area (Å²) in [6, 6.07) is 11.0. The normalized spacial score (nSPS) is 25.1. The molecule has 1 saturated heterocycles. The van der Waals surface area contributed by atoms with E-state index in [4.69, 9.17) is 4.74 Å². The van der Waals surface area contributed by atoms with Crippen LogP contribution in [0.4, 0.5) is 0 Å². The van der Waals surface area contributed by atoms with Gasteiger partial charge in [0.15, 0.2) is 0 Å². The van der Waals surface area contributed by atoms with Gasteiger partial charge in [-0.05, 0) is 25.8 Å². The second-order valence-electron chi connectivity index (χ2n) is 4.84. The summed E-state index contributed by atoms with van der Waals surface area (Å²) >= 11 is 0. The molecule has 0 aromatic heterocycles. The first kappa shape index (κ1) is 10.7. The maximum absolute atomic E-state index is 5.79. The molecule has 1 aliphatic heterocycles. The Labute approximate surface area is 91.6 Å². The molecule has 15 heavy (non-hydrogen) atoms. The van der Waals surface area contributed by atoms with E-state index < -0.39 is 0 Å². The molecule has 1 aliphatic rings. The molecule has 0 saturated carbocycles. The van der Waals surface area contributed by atoms with Crippen LogP contribution < -0.4 is 5.32 Å². The highest BCUT2D eigenvalue weighted by atomic mass is 16.5. The maximum atomic E-state index is 5.79. The van der Waals surface area contributed by atoms with Gasteiger partial charge in [0.25, 0.3) is 0 Å². The molecule has 2 nitrogen and oxygen atoms in total. The summed E-state index contributed by atoms with van der Waals surface area (Å²) in [6.07, 6.45) is 1.05. The van der Waals surface area contributed by atoms with Gasteiger partial charge in [-0.3, -0.25) is 0 Å². The van der Waals surface area contributed by atoms with Gasteiger partial charge in [0, 0.05) is 12.6 Å². The topological polar surface area (TPSA) is 21.3 Å². The molecule has 2 heteroatoms. The standard InChI is InChI=1S/C13H19NO/c1-13(2)10-14-12(9-15-13)8-11-6-4-3-5-7-11/h3-7,12,14H,8-10H2,1-2H3. The van der Waals surface area contributed by atoms with E-state index in [0.717, 1.165) is 19.6 Å². The van der Waals surface area contributed by atoms with Crippen LogP contribution in [0.3, 0.4) is 0 Å². The zero-order valence-electron chi connectivity index (χ0n) is 9.49. The first-order valence-electron chi connectivity index (χ1n) is 5.57. The number of morpholine rings is 1. The fraction of sp³-hybridized carbons (Fsp3) is 0.538. The highest BCUT2D eigenvalue weighted by Gasteiger charge is 2.26. The van der Waals surface area contributed by atoms with Crippen LogP contribution in [0, 0.1) is 0 Å². The third-order valence-corrected chi connectivity index (χ3v) is 2.82. The Kier molecular flexibility index (Phi) is 3.08. The number of nitrogens with one attached hydrogen (secondary N) is 1. The molecule has 0 bridgehead atoms. The average Bonchev–Trinajstić information content (AvgIpc) is 2.23. The fourth-order valence-electron chi connectivity index (χ4n) is 1.86. The minimum absolute atomic E-state index is 0.00676. The molecular formula is C13H19NO. The molecular weight excluding hydrogens is 186 g/mol. The predicted molar refractivity (Wildman–Crippen MR) is 62.0 cm³/mol. The highest BCUT2D eigenvalue weighted by molar-refractivity contribution is 5.16. The van der Waals surface area contributed by atoms with Crippen molar-refractivity contribution in [1.29, 1.82) is 0 Å². The van der Waals surface area contributed by atoms with Gasteiger partial charge in [-0.25, -0.2) is 0 Å². The van der Waals surface area contributed by atoms with E-state index in [9.17, 15) is 0 Å². The summed E-state index contributed by atoms with van der Waals surface area (Å²) in [5, 5.41) is 3.53. The lowest BCUT2D eigenvalue weighted by Crippen LogP contribution is -2.52. The minimum atomic E-state index is -0.00676. The van der Waals surface area contributed by atoms with E-state index in [2.05, 4.69) is 49.5 Å². The Morgan fingerprint density at radius 3 is 2.67 bits per heavy atom. The summed E-state index contributed by atoms with van der Waals surface area (Å²) in [5.41, 5.74) is 1.37. The zero-order chi connectivity index (χ0) is 10.7. The molecule has 1 heterocycles. The average molecular weight is 205 g/mol. The first-order valence-corrected chi connectivity index (χ1v) is 5.57. The molecule has 82 valence electrons. The van der Waals surface area contributed by atoms with E-state index in [1.807, 2.05) is 0 Å². The van der Waals surface area contributed by atoms with E-state index in [-0.39, 0.29) is 5.60 Å². The van der Waals surface area contributed by atoms with Crippen molar-refractivity contribution in [2.75, 3.05) is 13.2 Å². The lowest BCUT2D eigenvalue weighted by molar-refractivity contribution is -0.0577. The number of hydrogen-bond acceptors (Lipinski definition) is 2. The van der Waals surface area contributed by atoms with Gasteiger partial charge in [0.1, 0.15) is 0 Å². The van der Waals surface area contributed by atoms with E-state index in [0.29, 0.717) is 6.04 Å². The summed E-state index contributed by atoms with van der Waals surface area (Å²) in [5.74, 6) is 0. The molecule has 0 spiro atoms. The van der Waals surface area contributed by atoms with Crippen molar-refractivity contribution < 1.29 is 4.74 Å². The van der Waals surface area contributed by atoms with Crippen LogP contribution in [-0.4, -0.2) is 24.8 Å². The monoisotopic (exact) mass is 205 g/mol. The van der Waals surface area contributed by atoms with Crippen LogP contribution >= 0.6 is 0 Å². The van der Waals surface area contributed by atoms with Crippen LogP contribution in [-0.2, 0) is 11.2 Å². The lowest BCUT2D eigenvalue weighted by atomic mass is 10.0. The molecule has 0 amide bonds. The van der Waals surface area contributed by atoms with Crippen molar-refractivity contribution in [3.8, 4) is 0 Å². The number of rotatable bonds is 2. The molecule has 0 aliphatic carbocycles. The van der Waals surface area contributed by atoms with Crippen LogP contribution in [0.25, 0.3) is 0 Å². The summed E-state index contributed by atoms with van der Waals surface area (Å²) in [7, 11) is 0. The third kappa shape index (κ3) is 3.05. The summed E-state index contributed by atoms with van der Waals surface area (Å²) in [4.78, 5) is 0. The van der Waals surface area contributed by atoms with Crippen LogP contribution in [0.15, 0.2) is 30.3 Å². The van der Waals surface area contributed by atoms with E-state index in [1.165, 1.54) is 5.56 Å². The molecule has 2 rings (SSSR count). The highest BCUT2D eigenvalue weighted by Crippen LogP contribution is 2.15. The molecule has 1 aromatic rings. The van der Waals surface area contributed by atoms with Gasteiger partial charge in [-0.2, -0.15) is 0 Å². The largest absolute Gasteiger partial charge is 0.373 e. The molecule has 1 atom stereocenters. The van der Waals surface area contributed by atoms with E-state index >= 15 is 0 Å². The van der Waals surface area contributed by atoms with Crippen molar-refractivity contribution in [1.82, 2.24) is 5.32 Å². The van der Waals surface area contributed by atoms with Gasteiger partial charge < -0.3 is 10.1 Å². The molecule has 1 fully saturated rings. The Bertz CT molecular complexity index is 298. The van der Waals surface area contributed by atoms with Crippen molar-refractivity contribution in [2.24, 2.45) is 0 Å². The zero-order valence-corrected chi connectivity index (χ0v) is 9.49. The second kappa shape index (κ2) is 4.33. The Morgan fingerprint density at radius 1 is 1.33 bits per heavy atom. The fourth-order valence-corrected chi connectivity index (χ4v) is 1.86. The second-order valence-corrected chi connectivity index (χ2v) is 4.84. The quantitative estimate of drug-likeness (QED) is 0.797. The van der Waals surface area contributed by atoms with Gasteiger partial charge >= 0.3 is 0 Å². The predicted octanol–water partition coefficient (Wildman–Crippen LogP) is 2.00. The first-order chi connectivity index (χ1) is 7.16. The molecule has 1 unspecified atom stereocenters. The van der Waals surface area contributed by atoms with Crippen LogP contribution in [0.5, 0.6) is 0 Å². The number of benzene rings is 1. The van der Waals surface area contributed by atoms with Gasteiger partial charge in [0.05, 0.1) is 12.2 Å². The lowest BCUT2D eigenvalue weighted by Gasteiger charge is -2.35. The van der Waals surface area contributed by atoms with Gasteiger partial charge in [-0.1, -0.05) is 30.3 Å². The maximum Gasteiger partial charge on any atom is 0.0751 e. The van der Waals surface area contributed by atoms with Crippen molar-refractivity contribution in [3.63, 3.8) is 0 Å². The smallest absolute Gasteiger partial charge is 0.0751 e. The van der Waals surface area contributed by atoms with E-state index in [1.54, 1.807) is 0 Å². The number of ether oxygens (including phenoxy) is 1. The van der Waals surface area contributed by atoms with Crippen molar-refractivity contribution >= 4 is 0 Å². The van der Waals surface area contributed by atoms with Crippen LogP contribution in [0.1, 0.15) is 19.4 Å². The summed E-state index contributed by atoms with van der Waals surface area (Å²) < 4.78 is 5.79. The van der Waals surface area contributed by atoms with Crippen molar-refractivity contribution in [2.45, 2.75) is 31.9 Å². The minimum Gasteiger partial charge on any atom is -0.373 e. The Morgan fingerprint density at radius 2 is 2.07 bits per heavy atom. The van der Waals surface area contributed by atoms with Gasteiger partial charge in [0.2, 0.25) is 0 Å². The Balaban J connectivity index is 1.88. The Hall–Kier alpha value is -0.860. The third-order valence-electron chi connectivity index (χ3n) is 2.82. The van der Waals surface area contributed by atoms with Crippen molar-refractivity contribution in [3.05, 3.63) is 35.9 Å². The molecule has 0 radical (unpaired) electrons. The van der Waals surface area contributed by atoms with Gasteiger partial charge in [-0.15, -0.1) is 0 Å². The molecule has 1 N–H and O–H groups in total. The molecule has 1 aromatic carbocycles. The van der Waals surface area contributed by atoms with Crippen LogP contribution in [0.2, 0.25) is 0 Å². The summed E-state index contributed by atoms with van der Waals surface area (Å²) in [6.45, 7) is 5.99.